The predicted molar refractivity (Wildman–Crippen MR) is 142 cm³/mol. The number of rotatable bonds is 9. The maximum absolute atomic E-state index is 13.6. The van der Waals surface area contributed by atoms with Gasteiger partial charge in [0.15, 0.2) is 27.3 Å². The summed E-state index contributed by atoms with van der Waals surface area (Å²) in [5, 5.41) is 26.2. The average Bonchev–Trinajstić information content (AvgIpc) is 2.96. The van der Waals surface area contributed by atoms with Crippen LogP contribution in [0.4, 0.5) is 23.7 Å². The molecule has 228 valence electrons. The molecule has 0 aromatic heterocycles. The molecule has 3 atom stereocenters. The molecule has 2 aromatic carbocycles. The normalized spacial score (nSPS) is 23.7. The van der Waals surface area contributed by atoms with E-state index in [-0.39, 0.29) is 40.6 Å². The molecule has 0 saturated heterocycles. The summed E-state index contributed by atoms with van der Waals surface area (Å²) < 4.78 is 71.9. The Morgan fingerprint density at radius 1 is 1.10 bits per heavy atom. The number of aliphatic hydroxyl groups is 2. The number of benzene rings is 2. The van der Waals surface area contributed by atoms with Gasteiger partial charge in [0.25, 0.3) is 5.91 Å². The molecule has 3 aliphatic rings. The Morgan fingerprint density at radius 3 is 2.29 bits per heavy atom. The lowest BCUT2D eigenvalue weighted by Gasteiger charge is -2.58. The molecule has 42 heavy (non-hydrogen) atoms. The van der Waals surface area contributed by atoms with E-state index in [0.29, 0.717) is 18.6 Å². The molecule has 2 aromatic rings. The van der Waals surface area contributed by atoms with Gasteiger partial charge in [-0.1, -0.05) is 11.6 Å². The van der Waals surface area contributed by atoms with Crippen LogP contribution in [-0.4, -0.2) is 73.7 Å². The highest BCUT2D eigenvalue weighted by Gasteiger charge is 2.60. The number of fused-ring (bicyclic) bond motifs is 2. The molecular formula is C26H27ClF3N3O8S. The van der Waals surface area contributed by atoms with Gasteiger partial charge in [-0.05, 0) is 49.3 Å². The van der Waals surface area contributed by atoms with Crippen LogP contribution in [0, 0.1) is 29.3 Å². The number of sulfone groups is 1. The van der Waals surface area contributed by atoms with Gasteiger partial charge in [0.1, 0.15) is 6.04 Å². The van der Waals surface area contributed by atoms with Crippen molar-refractivity contribution in [3.8, 4) is 0 Å². The number of carbonyl (C=O) groups is 3. The number of hydrogen-bond donors (Lipinski definition) is 5. The van der Waals surface area contributed by atoms with Crippen molar-refractivity contribution in [3.05, 3.63) is 58.4 Å². The van der Waals surface area contributed by atoms with E-state index in [1.165, 1.54) is 12.1 Å². The second-order valence-corrected chi connectivity index (χ2v) is 12.8. The van der Waals surface area contributed by atoms with Crippen molar-refractivity contribution in [1.29, 1.82) is 0 Å². The van der Waals surface area contributed by atoms with E-state index in [1.54, 1.807) is 0 Å². The maximum atomic E-state index is 13.6. The van der Waals surface area contributed by atoms with Crippen molar-refractivity contribution < 1.29 is 50.9 Å². The highest BCUT2D eigenvalue weighted by molar-refractivity contribution is 7.92. The second kappa shape index (κ2) is 12.1. The molecule has 11 nitrogen and oxygen atoms in total. The predicted octanol–water partition coefficient (Wildman–Crippen LogP) is 2.15. The smallest absolute Gasteiger partial charge is 0.407 e. The first-order chi connectivity index (χ1) is 19.7. The highest BCUT2D eigenvalue weighted by Crippen LogP contribution is 2.55. The first kappa shape index (κ1) is 31.5. The lowest BCUT2D eigenvalue weighted by atomic mass is 9.53. The fraction of sp³-hybridized carbons (Fsp3) is 0.423. The van der Waals surface area contributed by atoms with E-state index in [9.17, 15) is 46.2 Å². The van der Waals surface area contributed by atoms with Crippen LogP contribution in [0.2, 0.25) is 5.02 Å². The number of methoxy groups -OCH3 is 1. The molecule has 3 amide bonds. The van der Waals surface area contributed by atoms with Gasteiger partial charge in [-0.25, -0.2) is 26.4 Å². The number of nitrogens with one attached hydrogen (secondary N) is 3. The largest absolute Gasteiger partial charge is 0.453 e. The summed E-state index contributed by atoms with van der Waals surface area (Å²) in [5.74, 6) is -7.46. The lowest BCUT2D eigenvalue weighted by molar-refractivity contribution is -0.174. The first-order valence-corrected chi connectivity index (χ1v) is 14.6. The number of aliphatic hydroxyl groups excluding tert-OH is 1. The van der Waals surface area contributed by atoms with Gasteiger partial charge >= 0.3 is 6.09 Å². The standard InChI is InChI=1S/C26H27ClF3N3O8S/c1-41-25(37)33-20(10-34)24(36)31-11-26(38)13-5-14(26)7-16(6-13)42(39,40)21-4-12(2-3-17(21)27)23(35)32-15-8-18(28)22(30)19(29)9-15/h2-4,8-9,13-14,16,20,34,38H,5-7,10-11H2,1H3,(H,31,36)(H,32,35)(H,33,37)/t13?,14?,16?,20-,26?/m0/s1. The summed E-state index contributed by atoms with van der Waals surface area (Å²) in [7, 11) is -3.05. The van der Waals surface area contributed by atoms with E-state index in [1.807, 2.05) is 0 Å². The summed E-state index contributed by atoms with van der Waals surface area (Å²) >= 11 is 6.19. The maximum Gasteiger partial charge on any atom is 0.407 e. The number of ether oxygens (including phenoxy) is 1. The summed E-state index contributed by atoms with van der Waals surface area (Å²) in [5.41, 5.74) is -2.00. The number of carbonyl (C=O) groups excluding carboxylic acids is 3. The molecule has 0 spiro atoms. The van der Waals surface area contributed by atoms with Crippen molar-refractivity contribution >= 4 is 45.0 Å². The molecule has 0 radical (unpaired) electrons. The lowest BCUT2D eigenvalue weighted by Crippen LogP contribution is -2.67. The van der Waals surface area contributed by atoms with Crippen molar-refractivity contribution in [3.63, 3.8) is 0 Å². The average molecular weight is 634 g/mol. The molecule has 16 heteroatoms. The van der Waals surface area contributed by atoms with E-state index in [0.717, 1.165) is 13.2 Å². The van der Waals surface area contributed by atoms with Gasteiger partial charge in [0.05, 0.1) is 34.5 Å². The zero-order valence-electron chi connectivity index (χ0n) is 22.0. The zero-order valence-corrected chi connectivity index (χ0v) is 23.6. The monoisotopic (exact) mass is 633 g/mol. The van der Waals surface area contributed by atoms with Crippen molar-refractivity contribution in [2.45, 2.75) is 41.1 Å². The number of anilines is 1. The third-order valence-corrected chi connectivity index (χ3v) is 10.4. The van der Waals surface area contributed by atoms with Crippen molar-refractivity contribution in [2.75, 3.05) is 25.6 Å². The summed E-state index contributed by atoms with van der Waals surface area (Å²) in [6.07, 6.45) is -0.385. The van der Waals surface area contributed by atoms with Gasteiger partial charge in [0, 0.05) is 29.9 Å². The van der Waals surface area contributed by atoms with E-state index >= 15 is 0 Å². The number of alkyl carbamates (subject to hydrolysis) is 1. The molecule has 5 N–H and O–H groups in total. The molecule has 0 heterocycles. The number of amides is 3. The Kier molecular flexibility index (Phi) is 9.06. The van der Waals surface area contributed by atoms with Gasteiger partial charge in [0.2, 0.25) is 5.91 Å². The molecule has 3 aliphatic carbocycles. The van der Waals surface area contributed by atoms with Gasteiger partial charge in [-0.3, -0.25) is 9.59 Å². The molecule has 2 unspecified atom stereocenters. The van der Waals surface area contributed by atoms with Crippen LogP contribution < -0.4 is 16.0 Å². The SMILES string of the molecule is COC(=O)N[C@@H](CO)C(=O)NCC1(O)C2CC1CC(S(=O)(=O)c1cc(C(=O)Nc3cc(F)c(F)c(F)c3)ccc1Cl)C2. The van der Waals surface area contributed by atoms with Gasteiger partial charge in [-0.2, -0.15) is 0 Å². The summed E-state index contributed by atoms with van der Waals surface area (Å²) in [6, 6.07) is 3.25. The first-order valence-electron chi connectivity index (χ1n) is 12.7. The highest BCUT2D eigenvalue weighted by atomic mass is 35.5. The van der Waals surface area contributed by atoms with Crippen LogP contribution in [0.15, 0.2) is 35.2 Å². The van der Waals surface area contributed by atoms with Crippen molar-refractivity contribution in [1.82, 2.24) is 10.6 Å². The van der Waals surface area contributed by atoms with Crippen LogP contribution in [0.3, 0.4) is 0 Å². The Balaban J connectivity index is 1.45. The topological polar surface area (TPSA) is 171 Å². The Hall–Kier alpha value is -3.40. The zero-order chi connectivity index (χ0) is 31.0. The summed E-state index contributed by atoms with van der Waals surface area (Å²) in [6.45, 7) is -0.962. The van der Waals surface area contributed by atoms with E-state index < -0.39 is 80.5 Å². The third kappa shape index (κ3) is 6.04. The summed E-state index contributed by atoms with van der Waals surface area (Å²) in [4.78, 5) is 36.1. The minimum absolute atomic E-state index is 0.0237. The molecule has 2 bridgehead atoms. The van der Waals surface area contributed by atoms with Crippen LogP contribution in [0.1, 0.15) is 29.6 Å². The molecular weight excluding hydrogens is 607 g/mol. The van der Waals surface area contributed by atoms with E-state index in [2.05, 4.69) is 20.7 Å². The molecule has 3 saturated carbocycles. The van der Waals surface area contributed by atoms with Crippen LogP contribution in [-0.2, 0) is 19.4 Å². The molecule has 0 aliphatic heterocycles. The van der Waals surface area contributed by atoms with Crippen LogP contribution in [0.5, 0.6) is 0 Å². The minimum atomic E-state index is -4.13. The van der Waals surface area contributed by atoms with Gasteiger partial charge < -0.3 is 30.9 Å². The fourth-order valence-electron chi connectivity index (χ4n) is 5.42. The Morgan fingerprint density at radius 2 is 1.71 bits per heavy atom. The fourth-order valence-corrected chi connectivity index (χ4v) is 7.82. The van der Waals surface area contributed by atoms with E-state index in [4.69, 9.17) is 11.6 Å². The Labute approximate surface area is 243 Å². The number of hydrogen-bond acceptors (Lipinski definition) is 8. The Bertz CT molecular complexity index is 1490. The second-order valence-electron chi connectivity index (χ2n) is 10.2. The van der Waals surface area contributed by atoms with Crippen LogP contribution in [0.25, 0.3) is 0 Å². The van der Waals surface area contributed by atoms with Crippen LogP contribution >= 0.6 is 11.6 Å². The minimum Gasteiger partial charge on any atom is -0.453 e. The third-order valence-electron chi connectivity index (χ3n) is 7.78. The van der Waals surface area contributed by atoms with Gasteiger partial charge in [-0.15, -0.1) is 0 Å². The quantitative estimate of drug-likeness (QED) is 0.262. The molecule has 5 rings (SSSR count). The molecule has 3 fully saturated rings. The van der Waals surface area contributed by atoms with Crippen molar-refractivity contribution in [2.24, 2.45) is 11.8 Å². The number of halogens is 4.